The highest BCUT2D eigenvalue weighted by atomic mass is 79.9. The van der Waals surface area contributed by atoms with E-state index in [1.807, 2.05) is 61.5 Å². The van der Waals surface area contributed by atoms with Crippen molar-refractivity contribution in [2.24, 2.45) is 5.10 Å². The summed E-state index contributed by atoms with van der Waals surface area (Å²) in [6.07, 6.45) is 1.49. The molecule has 1 aromatic heterocycles. The molecule has 1 heterocycles. The van der Waals surface area contributed by atoms with Gasteiger partial charge in [-0.15, -0.1) is 0 Å². The SMILES string of the molecule is CCOc1cc(/C=N/NC(=O)c2cc(-c3ccccc3)nc3ccccc23)cc(Br)c1O. The zero-order valence-electron chi connectivity index (χ0n) is 17.2. The third kappa shape index (κ3) is 4.63. The Morgan fingerprint density at radius 3 is 2.66 bits per heavy atom. The summed E-state index contributed by atoms with van der Waals surface area (Å²) >= 11 is 3.30. The first-order valence-electron chi connectivity index (χ1n) is 10.0. The number of hydrogen-bond acceptors (Lipinski definition) is 5. The van der Waals surface area contributed by atoms with Crippen LogP contribution in [0.5, 0.6) is 11.5 Å². The predicted molar refractivity (Wildman–Crippen MR) is 129 cm³/mol. The van der Waals surface area contributed by atoms with E-state index in [2.05, 4.69) is 26.5 Å². The number of carbonyl (C=O) groups is 1. The second-order valence-electron chi connectivity index (χ2n) is 6.92. The highest BCUT2D eigenvalue weighted by Crippen LogP contribution is 2.35. The van der Waals surface area contributed by atoms with E-state index in [-0.39, 0.29) is 11.7 Å². The number of phenolic OH excluding ortho intramolecular Hbond substituents is 1. The van der Waals surface area contributed by atoms with Gasteiger partial charge in [0.1, 0.15) is 0 Å². The van der Waals surface area contributed by atoms with Gasteiger partial charge in [0.05, 0.1) is 34.1 Å². The fourth-order valence-electron chi connectivity index (χ4n) is 3.28. The fraction of sp³-hybridized carbons (Fsp3) is 0.0800. The van der Waals surface area contributed by atoms with E-state index in [1.54, 1.807) is 18.2 Å². The minimum atomic E-state index is -0.347. The number of nitrogens with zero attached hydrogens (tertiary/aromatic N) is 2. The number of hydrogen-bond donors (Lipinski definition) is 2. The highest BCUT2D eigenvalue weighted by Gasteiger charge is 2.14. The van der Waals surface area contributed by atoms with Gasteiger partial charge < -0.3 is 9.84 Å². The molecule has 0 aliphatic carbocycles. The van der Waals surface area contributed by atoms with Crippen molar-refractivity contribution in [3.05, 3.63) is 88.4 Å². The number of rotatable bonds is 6. The molecule has 7 heteroatoms. The number of aromatic hydroxyl groups is 1. The largest absolute Gasteiger partial charge is 0.503 e. The first-order chi connectivity index (χ1) is 15.6. The van der Waals surface area contributed by atoms with Crippen molar-refractivity contribution in [1.29, 1.82) is 0 Å². The maximum Gasteiger partial charge on any atom is 0.272 e. The monoisotopic (exact) mass is 489 g/mol. The Bertz CT molecular complexity index is 1310. The Labute approximate surface area is 193 Å². The lowest BCUT2D eigenvalue weighted by Crippen LogP contribution is -2.18. The Morgan fingerprint density at radius 1 is 1.12 bits per heavy atom. The van der Waals surface area contributed by atoms with Crippen LogP contribution in [0, 0.1) is 0 Å². The number of aromatic nitrogens is 1. The summed E-state index contributed by atoms with van der Waals surface area (Å²) in [7, 11) is 0. The number of pyridine rings is 1. The van der Waals surface area contributed by atoms with E-state index in [1.165, 1.54) is 6.21 Å². The maximum atomic E-state index is 13.0. The average molecular weight is 490 g/mol. The van der Waals surface area contributed by atoms with E-state index in [9.17, 15) is 9.90 Å². The van der Waals surface area contributed by atoms with Crippen molar-refractivity contribution in [3.63, 3.8) is 0 Å². The Balaban J connectivity index is 1.63. The molecule has 3 aromatic carbocycles. The molecule has 160 valence electrons. The molecule has 0 atom stereocenters. The molecule has 2 N–H and O–H groups in total. The zero-order chi connectivity index (χ0) is 22.5. The number of phenols is 1. The van der Waals surface area contributed by atoms with Gasteiger partial charge in [-0.3, -0.25) is 4.79 Å². The van der Waals surface area contributed by atoms with Crippen LogP contribution in [-0.2, 0) is 0 Å². The van der Waals surface area contributed by atoms with Crippen LogP contribution in [0.25, 0.3) is 22.2 Å². The first kappa shape index (κ1) is 21.5. The number of hydrazone groups is 1. The van der Waals surface area contributed by atoms with Crippen molar-refractivity contribution in [1.82, 2.24) is 10.4 Å². The summed E-state index contributed by atoms with van der Waals surface area (Å²) in [5.41, 5.74) is 6.09. The van der Waals surface area contributed by atoms with Crippen LogP contribution in [0.15, 0.2) is 82.4 Å². The number of para-hydroxylation sites is 1. The van der Waals surface area contributed by atoms with Crippen LogP contribution in [0.3, 0.4) is 0 Å². The molecular formula is C25H20BrN3O3. The molecule has 0 aliphatic heterocycles. The number of amides is 1. The topological polar surface area (TPSA) is 83.8 Å². The number of carbonyl (C=O) groups excluding carboxylic acids is 1. The fourth-order valence-corrected chi connectivity index (χ4v) is 3.74. The summed E-state index contributed by atoms with van der Waals surface area (Å²) in [5, 5.41) is 14.9. The second kappa shape index (κ2) is 9.62. The molecule has 6 nitrogen and oxygen atoms in total. The number of nitrogens with one attached hydrogen (secondary N) is 1. The lowest BCUT2D eigenvalue weighted by atomic mass is 10.0. The summed E-state index contributed by atoms with van der Waals surface area (Å²) < 4.78 is 5.90. The molecule has 0 fully saturated rings. The minimum absolute atomic E-state index is 0.0183. The van der Waals surface area contributed by atoms with Crippen molar-refractivity contribution in [3.8, 4) is 22.8 Å². The van der Waals surface area contributed by atoms with Crippen LogP contribution in [0.4, 0.5) is 0 Å². The third-order valence-electron chi connectivity index (χ3n) is 4.76. The van der Waals surface area contributed by atoms with Gasteiger partial charge in [0.25, 0.3) is 5.91 Å². The number of ether oxygens (including phenoxy) is 1. The van der Waals surface area contributed by atoms with Crippen molar-refractivity contribution in [2.75, 3.05) is 6.61 Å². The normalized spacial score (nSPS) is 11.1. The lowest BCUT2D eigenvalue weighted by Gasteiger charge is -2.09. The van der Waals surface area contributed by atoms with Crippen LogP contribution < -0.4 is 10.2 Å². The third-order valence-corrected chi connectivity index (χ3v) is 5.37. The molecule has 0 aliphatic rings. The van der Waals surface area contributed by atoms with E-state index < -0.39 is 0 Å². The van der Waals surface area contributed by atoms with Gasteiger partial charge in [0.15, 0.2) is 11.5 Å². The molecule has 0 saturated carbocycles. The minimum Gasteiger partial charge on any atom is -0.503 e. The number of halogens is 1. The van der Waals surface area contributed by atoms with Gasteiger partial charge in [0, 0.05) is 10.9 Å². The molecular weight excluding hydrogens is 470 g/mol. The molecule has 0 bridgehead atoms. The molecule has 4 aromatic rings. The molecule has 0 unspecified atom stereocenters. The second-order valence-corrected chi connectivity index (χ2v) is 7.77. The van der Waals surface area contributed by atoms with Crippen LogP contribution in [-0.4, -0.2) is 28.8 Å². The highest BCUT2D eigenvalue weighted by molar-refractivity contribution is 9.10. The van der Waals surface area contributed by atoms with Gasteiger partial charge in [0.2, 0.25) is 0 Å². The summed E-state index contributed by atoms with van der Waals surface area (Å²) in [4.78, 5) is 17.7. The predicted octanol–water partition coefficient (Wildman–Crippen LogP) is 5.53. The van der Waals surface area contributed by atoms with Gasteiger partial charge in [-0.25, -0.2) is 10.4 Å². The van der Waals surface area contributed by atoms with E-state index in [4.69, 9.17) is 9.72 Å². The van der Waals surface area contributed by atoms with E-state index in [0.717, 1.165) is 16.5 Å². The van der Waals surface area contributed by atoms with Crippen molar-refractivity contribution in [2.45, 2.75) is 6.92 Å². The molecule has 0 spiro atoms. The Kier molecular flexibility index (Phi) is 6.47. The zero-order valence-corrected chi connectivity index (χ0v) is 18.8. The standard InChI is InChI=1S/C25H20BrN3O3/c1-2-32-23-13-16(12-20(26)24(23)30)15-27-29-25(31)19-14-22(17-8-4-3-5-9-17)28-21-11-7-6-10-18(19)21/h3-15,30H,2H2,1H3,(H,29,31)/b27-15+. The summed E-state index contributed by atoms with van der Waals surface area (Å²) in [5.74, 6) is 0.00641. The molecule has 4 rings (SSSR count). The number of fused-ring (bicyclic) bond motifs is 1. The van der Waals surface area contributed by atoms with Crippen LogP contribution in [0.1, 0.15) is 22.8 Å². The molecule has 0 radical (unpaired) electrons. The molecule has 0 saturated heterocycles. The quantitative estimate of drug-likeness (QED) is 0.275. The van der Waals surface area contributed by atoms with Crippen LogP contribution in [0.2, 0.25) is 0 Å². The Hall–Kier alpha value is -3.71. The lowest BCUT2D eigenvalue weighted by molar-refractivity contribution is 0.0956. The smallest absolute Gasteiger partial charge is 0.272 e. The van der Waals surface area contributed by atoms with Gasteiger partial charge in [-0.2, -0.15) is 5.10 Å². The van der Waals surface area contributed by atoms with Crippen molar-refractivity contribution >= 4 is 39.0 Å². The average Bonchev–Trinajstić information content (AvgIpc) is 2.82. The van der Waals surface area contributed by atoms with E-state index in [0.29, 0.717) is 33.6 Å². The first-order valence-corrected chi connectivity index (χ1v) is 10.8. The van der Waals surface area contributed by atoms with Crippen LogP contribution >= 0.6 is 15.9 Å². The van der Waals surface area contributed by atoms with Crippen molar-refractivity contribution < 1.29 is 14.6 Å². The van der Waals surface area contributed by atoms with Gasteiger partial charge >= 0.3 is 0 Å². The summed E-state index contributed by atoms with van der Waals surface area (Å²) in [6, 6.07) is 22.3. The number of benzene rings is 3. The summed E-state index contributed by atoms with van der Waals surface area (Å²) in [6.45, 7) is 2.24. The van der Waals surface area contributed by atoms with Gasteiger partial charge in [-0.05, 0) is 52.7 Å². The van der Waals surface area contributed by atoms with E-state index >= 15 is 0 Å². The van der Waals surface area contributed by atoms with Gasteiger partial charge in [-0.1, -0.05) is 48.5 Å². The molecule has 32 heavy (non-hydrogen) atoms. The maximum absolute atomic E-state index is 13.0. The molecule has 1 amide bonds. The Morgan fingerprint density at radius 2 is 1.88 bits per heavy atom.